The quantitative estimate of drug-likeness (QED) is 0.718. The fourth-order valence-electron chi connectivity index (χ4n) is 2.75. The lowest BCUT2D eigenvalue weighted by atomic mass is 9.83. The van der Waals surface area contributed by atoms with Crippen LogP contribution in [0, 0.1) is 12.8 Å². The summed E-state index contributed by atoms with van der Waals surface area (Å²) in [4.78, 5) is 0.219. The average Bonchev–Trinajstić information content (AvgIpc) is 2.53. The molecular weight excluding hydrogens is 324 g/mol. The lowest BCUT2D eigenvalue weighted by molar-refractivity contribution is 0.000184. The molecule has 0 atom stereocenters. The van der Waals surface area contributed by atoms with Gasteiger partial charge in [-0.15, -0.1) is 0 Å². The molecule has 2 aromatic rings. The lowest BCUT2D eigenvalue weighted by Gasteiger charge is -2.34. The maximum atomic E-state index is 12.2. The van der Waals surface area contributed by atoms with Crippen molar-refractivity contribution in [3.05, 3.63) is 65.7 Å². The van der Waals surface area contributed by atoms with Gasteiger partial charge in [-0.05, 0) is 43.4 Å². The molecule has 0 amide bonds. The third-order valence-electron chi connectivity index (χ3n) is 4.23. The van der Waals surface area contributed by atoms with E-state index in [4.69, 9.17) is 8.92 Å². The third-order valence-corrected chi connectivity index (χ3v) is 5.61. The Morgan fingerprint density at radius 1 is 1.00 bits per heavy atom. The van der Waals surface area contributed by atoms with Crippen molar-refractivity contribution in [3.63, 3.8) is 0 Å². The normalized spacial score (nSPS) is 20.5. The summed E-state index contributed by atoms with van der Waals surface area (Å²) in [5, 5.41) is 0. The van der Waals surface area contributed by atoms with E-state index in [0.29, 0.717) is 19.1 Å². The monoisotopic (exact) mass is 346 g/mol. The summed E-state index contributed by atoms with van der Waals surface area (Å²) in [6, 6.07) is 16.7. The highest BCUT2D eigenvalue weighted by atomic mass is 32.2. The Kier molecular flexibility index (Phi) is 5.33. The van der Waals surface area contributed by atoms with Crippen LogP contribution in [0.3, 0.4) is 0 Å². The Bertz CT molecular complexity index is 748. The van der Waals surface area contributed by atoms with Gasteiger partial charge < -0.3 is 4.74 Å². The number of ether oxygens (including phenoxy) is 1. The number of aryl methyl sites for hydroxylation is 1. The minimum atomic E-state index is -3.66. The first-order valence-electron chi connectivity index (χ1n) is 8.14. The van der Waals surface area contributed by atoms with E-state index in [1.807, 2.05) is 37.3 Å². The van der Waals surface area contributed by atoms with Gasteiger partial charge in [0.2, 0.25) is 0 Å². The second-order valence-corrected chi connectivity index (χ2v) is 7.90. The van der Waals surface area contributed by atoms with E-state index in [2.05, 4.69) is 0 Å². The van der Waals surface area contributed by atoms with Crippen molar-refractivity contribution in [2.45, 2.75) is 37.4 Å². The fourth-order valence-corrected chi connectivity index (χ4v) is 3.84. The molecule has 1 saturated carbocycles. The molecule has 0 saturated heterocycles. The molecule has 0 N–H and O–H groups in total. The van der Waals surface area contributed by atoms with Crippen LogP contribution in [0.5, 0.6) is 0 Å². The Hall–Kier alpha value is -1.69. The van der Waals surface area contributed by atoms with Crippen molar-refractivity contribution in [2.75, 3.05) is 6.61 Å². The van der Waals surface area contributed by atoms with Gasteiger partial charge in [0.1, 0.15) is 0 Å². The standard InChI is InChI=1S/C19H22O4S/c1-15-7-9-19(10-8-15)24(20,21)23-18-11-17(12-18)14-22-13-16-5-3-2-4-6-16/h2-10,17-18H,11-14H2,1H3. The highest BCUT2D eigenvalue weighted by molar-refractivity contribution is 7.86. The molecule has 128 valence electrons. The molecule has 0 spiro atoms. The SMILES string of the molecule is Cc1ccc(S(=O)(=O)OC2CC(COCc3ccccc3)C2)cc1. The summed E-state index contributed by atoms with van der Waals surface area (Å²) in [6.45, 7) is 3.15. The van der Waals surface area contributed by atoms with Gasteiger partial charge in [-0.2, -0.15) is 8.42 Å². The van der Waals surface area contributed by atoms with Gasteiger partial charge >= 0.3 is 0 Å². The minimum Gasteiger partial charge on any atom is -0.376 e. The molecule has 0 unspecified atom stereocenters. The zero-order chi connectivity index (χ0) is 17.0. The summed E-state index contributed by atoms with van der Waals surface area (Å²) < 4.78 is 35.4. The van der Waals surface area contributed by atoms with E-state index < -0.39 is 10.1 Å². The molecular formula is C19H22O4S. The van der Waals surface area contributed by atoms with Crippen LogP contribution in [-0.4, -0.2) is 21.1 Å². The van der Waals surface area contributed by atoms with Gasteiger partial charge in [-0.1, -0.05) is 48.0 Å². The van der Waals surface area contributed by atoms with E-state index in [1.165, 1.54) is 0 Å². The van der Waals surface area contributed by atoms with Crippen LogP contribution >= 0.6 is 0 Å². The van der Waals surface area contributed by atoms with Gasteiger partial charge in [0.25, 0.3) is 10.1 Å². The van der Waals surface area contributed by atoms with E-state index in [9.17, 15) is 8.42 Å². The first-order chi connectivity index (χ1) is 11.5. The molecule has 0 aliphatic heterocycles. The molecule has 0 aromatic heterocycles. The van der Waals surface area contributed by atoms with Crippen LogP contribution in [0.15, 0.2) is 59.5 Å². The smallest absolute Gasteiger partial charge is 0.297 e. The second kappa shape index (κ2) is 7.47. The Balaban J connectivity index is 1.41. The second-order valence-electron chi connectivity index (χ2n) is 6.32. The first kappa shape index (κ1) is 17.1. The molecule has 0 radical (unpaired) electrons. The van der Waals surface area contributed by atoms with Crippen LogP contribution in [0.25, 0.3) is 0 Å². The lowest BCUT2D eigenvalue weighted by Crippen LogP contribution is -2.35. The van der Waals surface area contributed by atoms with E-state index >= 15 is 0 Å². The zero-order valence-electron chi connectivity index (χ0n) is 13.7. The van der Waals surface area contributed by atoms with Gasteiger partial charge in [-0.25, -0.2) is 0 Å². The summed E-state index contributed by atoms with van der Waals surface area (Å²) in [6.07, 6.45) is 1.21. The molecule has 0 bridgehead atoms. The van der Waals surface area contributed by atoms with E-state index in [-0.39, 0.29) is 11.0 Å². The van der Waals surface area contributed by atoms with Crippen LogP contribution in [0.2, 0.25) is 0 Å². The van der Waals surface area contributed by atoms with Crippen LogP contribution in [0.1, 0.15) is 24.0 Å². The molecule has 2 aromatic carbocycles. The van der Waals surface area contributed by atoms with Crippen molar-refractivity contribution in [1.29, 1.82) is 0 Å². The Morgan fingerprint density at radius 2 is 1.67 bits per heavy atom. The molecule has 0 heterocycles. The molecule has 5 heteroatoms. The highest BCUT2D eigenvalue weighted by Gasteiger charge is 2.34. The Labute approximate surface area is 143 Å². The molecule has 3 rings (SSSR count). The van der Waals surface area contributed by atoms with Crippen LogP contribution in [-0.2, 0) is 25.6 Å². The zero-order valence-corrected chi connectivity index (χ0v) is 14.5. The van der Waals surface area contributed by atoms with Gasteiger partial charge in [0, 0.05) is 0 Å². The van der Waals surface area contributed by atoms with Crippen molar-refractivity contribution < 1.29 is 17.3 Å². The summed E-state index contributed by atoms with van der Waals surface area (Å²) in [5.41, 5.74) is 2.17. The Morgan fingerprint density at radius 3 is 2.33 bits per heavy atom. The minimum absolute atomic E-state index is 0.219. The third kappa shape index (κ3) is 4.44. The summed E-state index contributed by atoms with van der Waals surface area (Å²) >= 11 is 0. The first-order valence-corrected chi connectivity index (χ1v) is 9.55. The largest absolute Gasteiger partial charge is 0.376 e. The van der Waals surface area contributed by atoms with E-state index in [0.717, 1.165) is 24.0 Å². The van der Waals surface area contributed by atoms with E-state index in [1.54, 1.807) is 24.3 Å². The predicted molar refractivity (Wildman–Crippen MR) is 92.1 cm³/mol. The maximum Gasteiger partial charge on any atom is 0.297 e. The summed E-state index contributed by atoms with van der Waals surface area (Å²) in [5.74, 6) is 0.368. The molecule has 4 nitrogen and oxygen atoms in total. The highest BCUT2D eigenvalue weighted by Crippen LogP contribution is 2.33. The van der Waals surface area contributed by atoms with Crippen molar-refractivity contribution in [2.24, 2.45) is 5.92 Å². The fraction of sp³-hybridized carbons (Fsp3) is 0.368. The van der Waals surface area contributed by atoms with Gasteiger partial charge in [0.05, 0.1) is 24.2 Å². The predicted octanol–water partition coefficient (Wildman–Crippen LogP) is 3.70. The number of hydrogen-bond acceptors (Lipinski definition) is 4. The molecule has 24 heavy (non-hydrogen) atoms. The molecule has 1 aliphatic carbocycles. The van der Waals surface area contributed by atoms with Crippen LogP contribution in [0.4, 0.5) is 0 Å². The number of benzene rings is 2. The van der Waals surface area contributed by atoms with Crippen molar-refractivity contribution >= 4 is 10.1 Å². The average molecular weight is 346 g/mol. The molecule has 1 fully saturated rings. The van der Waals surface area contributed by atoms with Crippen molar-refractivity contribution in [3.8, 4) is 0 Å². The topological polar surface area (TPSA) is 52.6 Å². The number of rotatable bonds is 7. The van der Waals surface area contributed by atoms with Gasteiger partial charge in [-0.3, -0.25) is 4.18 Å². The van der Waals surface area contributed by atoms with Crippen molar-refractivity contribution in [1.82, 2.24) is 0 Å². The van der Waals surface area contributed by atoms with Gasteiger partial charge in [0.15, 0.2) is 0 Å². The summed E-state index contributed by atoms with van der Waals surface area (Å²) in [7, 11) is -3.66. The van der Waals surface area contributed by atoms with Crippen LogP contribution < -0.4 is 0 Å². The number of hydrogen-bond donors (Lipinski definition) is 0. The maximum absolute atomic E-state index is 12.2. The molecule has 1 aliphatic rings.